The van der Waals surface area contributed by atoms with E-state index < -0.39 is 0 Å². The van der Waals surface area contributed by atoms with Gasteiger partial charge in [-0.15, -0.1) is 12.4 Å². The maximum Gasteiger partial charge on any atom is 0.117 e. The first kappa shape index (κ1) is 12.6. The van der Waals surface area contributed by atoms with E-state index in [-0.39, 0.29) is 18.1 Å². The summed E-state index contributed by atoms with van der Waals surface area (Å²) in [5, 5.41) is 4.27. The van der Waals surface area contributed by atoms with Gasteiger partial charge in [0.15, 0.2) is 0 Å². The van der Waals surface area contributed by atoms with Gasteiger partial charge in [0.25, 0.3) is 0 Å². The minimum atomic E-state index is -0.0188. The third-order valence-electron chi connectivity index (χ3n) is 2.91. The van der Waals surface area contributed by atoms with Crippen molar-refractivity contribution < 1.29 is 4.74 Å². The van der Waals surface area contributed by atoms with Gasteiger partial charge in [0.2, 0.25) is 0 Å². The van der Waals surface area contributed by atoms with Crippen molar-refractivity contribution in [3.05, 3.63) is 0 Å². The molecule has 2 aliphatic rings. The summed E-state index contributed by atoms with van der Waals surface area (Å²) in [5.74, 6) is 1.35. The normalized spacial score (nSPS) is 37.9. The lowest BCUT2D eigenvalue weighted by molar-refractivity contribution is -0.00130. The molecule has 2 nitrogen and oxygen atoms in total. The Bertz CT molecular complexity index is 168. The summed E-state index contributed by atoms with van der Waals surface area (Å²) >= 11 is 2.13. The zero-order valence-corrected chi connectivity index (χ0v) is 10.4. The van der Waals surface area contributed by atoms with Crippen LogP contribution >= 0.6 is 24.2 Å². The van der Waals surface area contributed by atoms with Crippen molar-refractivity contribution in [2.75, 3.05) is 18.9 Å². The van der Waals surface area contributed by atoms with Crippen LogP contribution in [0.25, 0.3) is 0 Å². The molecule has 0 bridgehead atoms. The summed E-state index contributed by atoms with van der Waals surface area (Å²) in [6.07, 6.45) is 5.38. The molecule has 0 amide bonds. The monoisotopic (exact) mass is 237 g/mol. The van der Waals surface area contributed by atoms with E-state index in [0.717, 1.165) is 18.4 Å². The molecule has 2 unspecified atom stereocenters. The highest BCUT2D eigenvalue weighted by atomic mass is 35.5. The van der Waals surface area contributed by atoms with Crippen LogP contribution in [0.4, 0.5) is 0 Å². The van der Waals surface area contributed by atoms with Crippen LogP contribution in [-0.4, -0.2) is 29.9 Å². The molecule has 0 aliphatic carbocycles. The predicted molar refractivity (Wildman–Crippen MR) is 64.3 cm³/mol. The summed E-state index contributed by atoms with van der Waals surface area (Å²) in [7, 11) is 0. The van der Waals surface area contributed by atoms with Gasteiger partial charge in [-0.25, -0.2) is 0 Å². The van der Waals surface area contributed by atoms with Gasteiger partial charge in [0.05, 0.1) is 6.61 Å². The molecule has 84 valence electrons. The van der Waals surface area contributed by atoms with Crippen LogP contribution < -0.4 is 5.32 Å². The second kappa shape index (κ2) is 5.59. The Morgan fingerprint density at radius 2 is 2.36 bits per heavy atom. The predicted octanol–water partition coefficient (Wildman–Crippen LogP) is 2.42. The van der Waals surface area contributed by atoms with Gasteiger partial charge in [-0.05, 0) is 25.5 Å². The number of thioether (sulfide) groups is 1. The van der Waals surface area contributed by atoms with Crippen molar-refractivity contribution >= 4 is 24.2 Å². The Hall–Kier alpha value is 0.560. The maximum absolute atomic E-state index is 5.72. The highest BCUT2D eigenvalue weighted by molar-refractivity contribution is 7.99. The van der Waals surface area contributed by atoms with E-state index in [4.69, 9.17) is 4.74 Å². The first-order valence-electron chi connectivity index (χ1n) is 5.29. The lowest BCUT2D eigenvalue weighted by Gasteiger charge is -2.30. The number of nitrogens with one attached hydrogen (secondary N) is 1. The van der Waals surface area contributed by atoms with Gasteiger partial charge in [0.1, 0.15) is 5.72 Å². The van der Waals surface area contributed by atoms with Crippen molar-refractivity contribution in [3.63, 3.8) is 0 Å². The standard InChI is InChI=1S/C10H19NOS.ClH/c1-10(11-5-6-12-10)8-9-4-2-3-7-13-9;/h9,11H,2-8H2,1H3;1H. The number of halogens is 1. The number of rotatable bonds is 2. The van der Waals surface area contributed by atoms with Crippen molar-refractivity contribution in [2.45, 2.75) is 43.6 Å². The Balaban J connectivity index is 0.000000980. The number of hydrogen-bond acceptors (Lipinski definition) is 3. The van der Waals surface area contributed by atoms with Crippen molar-refractivity contribution in [1.29, 1.82) is 0 Å². The smallest absolute Gasteiger partial charge is 0.117 e. The Morgan fingerprint density at radius 1 is 1.50 bits per heavy atom. The van der Waals surface area contributed by atoms with E-state index in [1.54, 1.807) is 0 Å². The fourth-order valence-electron chi connectivity index (χ4n) is 2.18. The lowest BCUT2D eigenvalue weighted by Crippen LogP contribution is -2.40. The summed E-state index contributed by atoms with van der Waals surface area (Å²) < 4.78 is 5.72. The molecule has 0 spiro atoms. The van der Waals surface area contributed by atoms with Crippen LogP contribution in [0.2, 0.25) is 0 Å². The molecular formula is C10H20ClNOS. The van der Waals surface area contributed by atoms with Crippen molar-refractivity contribution in [1.82, 2.24) is 5.32 Å². The zero-order valence-electron chi connectivity index (χ0n) is 8.75. The minimum absolute atomic E-state index is 0. The van der Waals surface area contributed by atoms with Gasteiger partial charge in [-0.3, -0.25) is 5.32 Å². The molecule has 0 aromatic carbocycles. The molecule has 2 fully saturated rings. The zero-order chi connectivity index (χ0) is 9.15. The summed E-state index contributed by atoms with van der Waals surface area (Å²) in [4.78, 5) is 0. The van der Waals surface area contributed by atoms with E-state index in [2.05, 4.69) is 24.0 Å². The quantitative estimate of drug-likeness (QED) is 0.797. The van der Waals surface area contributed by atoms with E-state index in [0.29, 0.717) is 0 Å². The lowest BCUT2D eigenvalue weighted by atomic mass is 10.0. The molecule has 2 heterocycles. The van der Waals surface area contributed by atoms with Gasteiger partial charge < -0.3 is 4.74 Å². The van der Waals surface area contributed by atoms with Gasteiger partial charge in [0, 0.05) is 18.2 Å². The molecule has 2 rings (SSSR count). The van der Waals surface area contributed by atoms with Gasteiger partial charge in [-0.2, -0.15) is 11.8 Å². The molecule has 1 N–H and O–H groups in total. The summed E-state index contributed by atoms with van der Waals surface area (Å²) in [5.41, 5.74) is -0.0188. The first-order valence-corrected chi connectivity index (χ1v) is 6.34. The van der Waals surface area contributed by atoms with Crippen LogP contribution in [0.15, 0.2) is 0 Å². The molecule has 2 saturated heterocycles. The van der Waals surface area contributed by atoms with Crippen LogP contribution in [-0.2, 0) is 4.74 Å². The van der Waals surface area contributed by atoms with E-state index >= 15 is 0 Å². The molecule has 14 heavy (non-hydrogen) atoms. The SMILES string of the molecule is CC1(CC2CCCCS2)NCCO1.Cl. The molecule has 0 aromatic heterocycles. The molecule has 2 aliphatic heterocycles. The molecule has 0 aromatic rings. The van der Waals surface area contributed by atoms with Crippen molar-refractivity contribution in [2.24, 2.45) is 0 Å². The molecule has 2 atom stereocenters. The molecule has 0 radical (unpaired) electrons. The summed E-state index contributed by atoms with van der Waals surface area (Å²) in [6.45, 7) is 4.09. The fourth-order valence-corrected chi connectivity index (χ4v) is 3.65. The van der Waals surface area contributed by atoms with Gasteiger partial charge >= 0.3 is 0 Å². The average molecular weight is 238 g/mol. The highest BCUT2D eigenvalue weighted by Crippen LogP contribution is 2.32. The molecular weight excluding hydrogens is 218 g/mol. The third kappa shape index (κ3) is 3.30. The second-order valence-electron chi connectivity index (χ2n) is 4.20. The Labute approximate surface area is 97.0 Å². The van der Waals surface area contributed by atoms with Crippen molar-refractivity contribution in [3.8, 4) is 0 Å². The average Bonchev–Trinajstić information content (AvgIpc) is 2.54. The number of hydrogen-bond donors (Lipinski definition) is 1. The van der Waals surface area contributed by atoms with Crippen LogP contribution in [0.3, 0.4) is 0 Å². The van der Waals surface area contributed by atoms with Crippen LogP contribution in [0, 0.1) is 0 Å². The first-order chi connectivity index (χ1) is 6.29. The van der Waals surface area contributed by atoms with Crippen LogP contribution in [0.1, 0.15) is 32.6 Å². The summed E-state index contributed by atoms with van der Waals surface area (Å²) in [6, 6.07) is 0. The van der Waals surface area contributed by atoms with E-state index in [1.807, 2.05) is 0 Å². The highest BCUT2D eigenvalue weighted by Gasteiger charge is 2.32. The Kier molecular flexibility index (Phi) is 5.04. The van der Waals surface area contributed by atoms with Gasteiger partial charge in [-0.1, -0.05) is 6.42 Å². The third-order valence-corrected chi connectivity index (χ3v) is 4.31. The van der Waals surface area contributed by atoms with Crippen LogP contribution in [0.5, 0.6) is 0 Å². The molecule has 4 heteroatoms. The second-order valence-corrected chi connectivity index (χ2v) is 5.61. The maximum atomic E-state index is 5.72. The largest absolute Gasteiger partial charge is 0.360 e. The van der Waals surface area contributed by atoms with E-state index in [9.17, 15) is 0 Å². The fraction of sp³-hybridized carbons (Fsp3) is 1.00. The number of ether oxygens (including phenoxy) is 1. The minimum Gasteiger partial charge on any atom is -0.360 e. The Morgan fingerprint density at radius 3 is 2.93 bits per heavy atom. The topological polar surface area (TPSA) is 21.3 Å². The molecule has 0 saturated carbocycles. The van der Waals surface area contributed by atoms with E-state index in [1.165, 1.54) is 31.4 Å².